The summed E-state index contributed by atoms with van der Waals surface area (Å²) in [4.78, 5) is 9.99. The Morgan fingerprint density at radius 1 is 1.16 bits per heavy atom. The molecule has 0 aromatic heterocycles. The molecule has 0 aliphatic carbocycles. The maximum absolute atomic E-state index is 12.5. The number of halogens is 1. The number of aliphatic carboxylic acids is 1. The van der Waals surface area contributed by atoms with Gasteiger partial charge in [-0.05, 0) is 48.0 Å². The first-order chi connectivity index (χ1) is 11.8. The summed E-state index contributed by atoms with van der Waals surface area (Å²) in [6.45, 7) is -0.483. The molecule has 0 saturated heterocycles. The summed E-state index contributed by atoms with van der Waals surface area (Å²) < 4.78 is 30.0. The van der Waals surface area contributed by atoms with Crippen molar-refractivity contribution in [2.45, 2.75) is 4.90 Å². The Labute approximate surface area is 149 Å². The van der Waals surface area contributed by atoms with Crippen molar-refractivity contribution < 1.29 is 23.1 Å². The van der Waals surface area contributed by atoms with Gasteiger partial charge in [-0.15, -0.1) is 0 Å². The lowest BCUT2D eigenvalue weighted by atomic mass is 10.2. The van der Waals surface area contributed by atoms with Crippen molar-refractivity contribution in [3.05, 3.63) is 64.0 Å². The molecule has 0 bridgehead atoms. The lowest BCUT2D eigenvalue weighted by molar-refractivity contribution is -0.139. The second-order valence-corrected chi connectivity index (χ2v) is 7.18. The Morgan fingerprint density at radius 3 is 2.28 bits per heavy atom. The van der Waals surface area contributed by atoms with Crippen LogP contribution in [0.4, 0.5) is 0 Å². The molecule has 0 aliphatic rings. The van der Waals surface area contributed by atoms with E-state index in [2.05, 4.69) is 0 Å². The molecule has 0 radical (unpaired) electrons. The van der Waals surface area contributed by atoms with Crippen LogP contribution < -0.4 is 4.74 Å². The van der Waals surface area contributed by atoms with Crippen LogP contribution in [0.5, 0.6) is 5.75 Å². The van der Waals surface area contributed by atoms with Crippen molar-refractivity contribution in [1.82, 2.24) is 0 Å². The van der Waals surface area contributed by atoms with Crippen molar-refractivity contribution >= 4 is 33.5 Å². The molecule has 0 heterocycles. The zero-order valence-electron chi connectivity index (χ0n) is 12.7. The number of carboxylic acids is 1. The van der Waals surface area contributed by atoms with Crippen LogP contribution in [0, 0.1) is 11.3 Å². The zero-order chi connectivity index (χ0) is 18.4. The number of carboxylic acid groups (broad SMARTS) is 1. The Bertz CT molecular complexity index is 942. The second kappa shape index (κ2) is 7.83. The summed E-state index contributed by atoms with van der Waals surface area (Å²) >= 11 is 5.74. The largest absolute Gasteiger partial charge is 0.482 e. The number of hydrogen-bond acceptors (Lipinski definition) is 5. The van der Waals surface area contributed by atoms with Crippen LogP contribution >= 0.6 is 11.6 Å². The van der Waals surface area contributed by atoms with Crippen LogP contribution in [0.2, 0.25) is 5.02 Å². The van der Waals surface area contributed by atoms with Gasteiger partial charge in [0.15, 0.2) is 6.61 Å². The number of carbonyl (C=O) groups is 1. The van der Waals surface area contributed by atoms with Gasteiger partial charge in [-0.25, -0.2) is 13.2 Å². The first-order valence-electron chi connectivity index (χ1n) is 6.90. The van der Waals surface area contributed by atoms with Crippen LogP contribution in [0.15, 0.2) is 58.3 Å². The van der Waals surface area contributed by atoms with Gasteiger partial charge in [-0.2, -0.15) is 5.26 Å². The topological polar surface area (TPSA) is 104 Å². The molecule has 0 spiro atoms. The summed E-state index contributed by atoms with van der Waals surface area (Å²) in [7, 11) is -3.97. The SMILES string of the molecule is N#C/C(=C\c1ccc(OCC(=O)O)cc1)S(=O)(=O)c1ccc(Cl)cc1. The van der Waals surface area contributed by atoms with Crippen LogP contribution in [-0.4, -0.2) is 26.1 Å². The number of ether oxygens (including phenoxy) is 1. The quantitative estimate of drug-likeness (QED) is 0.775. The van der Waals surface area contributed by atoms with Gasteiger partial charge in [0.2, 0.25) is 9.84 Å². The van der Waals surface area contributed by atoms with E-state index in [-0.39, 0.29) is 4.90 Å². The molecule has 0 fully saturated rings. The molecule has 1 N–H and O–H groups in total. The molecular formula is C17H12ClNO5S. The minimum absolute atomic E-state index is 0.0360. The molecule has 0 amide bonds. The van der Waals surface area contributed by atoms with E-state index in [0.717, 1.165) is 0 Å². The van der Waals surface area contributed by atoms with E-state index in [1.54, 1.807) is 6.07 Å². The molecule has 2 aromatic rings. The molecule has 2 aromatic carbocycles. The van der Waals surface area contributed by atoms with E-state index in [1.165, 1.54) is 54.6 Å². The molecule has 8 heteroatoms. The van der Waals surface area contributed by atoms with E-state index in [4.69, 9.17) is 21.4 Å². The first kappa shape index (κ1) is 18.5. The average molecular weight is 378 g/mol. The van der Waals surface area contributed by atoms with E-state index >= 15 is 0 Å². The zero-order valence-corrected chi connectivity index (χ0v) is 14.3. The maximum Gasteiger partial charge on any atom is 0.341 e. The molecule has 0 saturated carbocycles. The molecular weight excluding hydrogens is 366 g/mol. The molecule has 0 aliphatic heterocycles. The first-order valence-corrected chi connectivity index (χ1v) is 8.76. The summed E-state index contributed by atoms with van der Waals surface area (Å²) in [6, 6.07) is 13.2. The highest BCUT2D eigenvalue weighted by molar-refractivity contribution is 7.95. The fourth-order valence-corrected chi connectivity index (χ4v) is 3.15. The van der Waals surface area contributed by atoms with Crippen molar-refractivity contribution in [2.24, 2.45) is 0 Å². The average Bonchev–Trinajstić information content (AvgIpc) is 2.59. The van der Waals surface area contributed by atoms with Gasteiger partial charge in [0.25, 0.3) is 0 Å². The van der Waals surface area contributed by atoms with Crippen molar-refractivity contribution in [2.75, 3.05) is 6.61 Å². The summed E-state index contributed by atoms with van der Waals surface area (Å²) in [5, 5.41) is 18.2. The highest BCUT2D eigenvalue weighted by Crippen LogP contribution is 2.23. The van der Waals surface area contributed by atoms with E-state index in [9.17, 15) is 18.5 Å². The van der Waals surface area contributed by atoms with Gasteiger partial charge < -0.3 is 9.84 Å². The van der Waals surface area contributed by atoms with E-state index in [0.29, 0.717) is 16.3 Å². The second-order valence-electron chi connectivity index (χ2n) is 4.83. The van der Waals surface area contributed by atoms with Crippen LogP contribution in [-0.2, 0) is 14.6 Å². The number of nitriles is 1. The predicted molar refractivity (Wildman–Crippen MR) is 91.8 cm³/mol. The minimum Gasteiger partial charge on any atom is -0.482 e. The fraction of sp³-hybridized carbons (Fsp3) is 0.0588. The van der Waals surface area contributed by atoms with Crippen molar-refractivity contribution in [3.63, 3.8) is 0 Å². The number of allylic oxidation sites excluding steroid dienone is 1. The smallest absolute Gasteiger partial charge is 0.341 e. The number of benzene rings is 2. The highest BCUT2D eigenvalue weighted by atomic mass is 35.5. The van der Waals surface area contributed by atoms with Gasteiger partial charge in [0, 0.05) is 5.02 Å². The highest BCUT2D eigenvalue weighted by Gasteiger charge is 2.20. The van der Waals surface area contributed by atoms with E-state index in [1.807, 2.05) is 0 Å². The third-order valence-electron chi connectivity index (χ3n) is 3.06. The lowest BCUT2D eigenvalue weighted by Crippen LogP contribution is -2.09. The van der Waals surface area contributed by atoms with Gasteiger partial charge in [0.1, 0.15) is 16.7 Å². The number of sulfone groups is 1. The molecule has 0 unspecified atom stereocenters. The standard InChI is InChI=1S/C17H12ClNO5S/c18-13-3-7-15(8-4-13)25(22,23)16(10-19)9-12-1-5-14(6-2-12)24-11-17(20)21/h1-9H,11H2,(H,20,21)/b16-9+. The molecule has 6 nitrogen and oxygen atoms in total. The molecule has 25 heavy (non-hydrogen) atoms. The lowest BCUT2D eigenvalue weighted by Gasteiger charge is -2.05. The van der Waals surface area contributed by atoms with E-state index < -0.39 is 27.3 Å². The molecule has 0 atom stereocenters. The Kier molecular flexibility index (Phi) is 5.80. The van der Waals surface area contributed by atoms with Crippen molar-refractivity contribution in [3.8, 4) is 11.8 Å². The van der Waals surface area contributed by atoms with Gasteiger partial charge in [-0.1, -0.05) is 23.7 Å². The summed E-state index contributed by atoms with van der Waals surface area (Å²) in [5.41, 5.74) is 0.455. The normalized spacial score (nSPS) is 11.6. The monoisotopic (exact) mass is 377 g/mol. The van der Waals surface area contributed by atoms with Crippen LogP contribution in [0.1, 0.15) is 5.56 Å². The number of hydrogen-bond donors (Lipinski definition) is 1. The van der Waals surface area contributed by atoms with Crippen LogP contribution in [0.3, 0.4) is 0 Å². The van der Waals surface area contributed by atoms with Gasteiger partial charge in [-0.3, -0.25) is 0 Å². The third-order valence-corrected chi connectivity index (χ3v) is 5.00. The van der Waals surface area contributed by atoms with Gasteiger partial charge >= 0.3 is 5.97 Å². The minimum atomic E-state index is -3.97. The summed E-state index contributed by atoms with van der Waals surface area (Å²) in [6.07, 6.45) is 1.23. The Hall–Kier alpha value is -2.82. The number of nitrogens with zero attached hydrogens (tertiary/aromatic N) is 1. The Balaban J connectivity index is 2.29. The van der Waals surface area contributed by atoms with Crippen molar-refractivity contribution in [1.29, 1.82) is 5.26 Å². The maximum atomic E-state index is 12.5. The fourth-order valence-electron chi connectivity index (χ4n) is 1.87. The van der Waals surface area contributed by atoms with Crippen LogP contribution in [0.25, 0.3) is 6.08 Å². The molecule has 128 valence electrons. The predicted octanol–water partition coefficient (Wildman–Crippen LogP) is 3.14. The Morgan fingerprint density at radius 2 is 1.76 bits per heavy atom. The molecule has 2 rings (SSSR count). The summed E-state index contributed by atoms with van der Waals surface area (Å²) in [5.74, 6) is -0.789. The number of rotatable bonds is 6. The third kappa shape index (κ3) is 4.83. The van der Waals surface area contributed by atoms with Gasteiger partial charge in [0.05, 0.1) is 4.90 Å².